The molecular weight excluding hydrogens is 348 g/mol. The predicted octanol–water partition coefficient (Wildman–Crippen LogP) is 5.51. The van der Waals surface area contributed by atoms with Crippen LogP contribution in [0.15, 0.2) is 42.5 Å². The molecule has 2 aromatic carbocycles. The second-order valence-corrected chi connectivity index (χ2v) is 6.69. The van der Waals surface area contributed by atoms with E-state index in [4.69, 9.17) is 23.2 Å². The minimum absolute atomic E-state index is 0.0638. The maximum atomic E-state index is 13.4. The first kappa shape index (κ1) is 17.0. The number of hydrogen-bond acceptors (Lipinski definition) is 1. The highest BCUT2D eigenvalue weighted by atomic mass is 35.5. The molecule has 1 unspecified atom stereocenters. The van der Waals surface area contributed by atoms with Gasteiger partial charge in [-0.2, -0.15) is 0 Å². The quantitative estimate of drug-likeness (QED) is 0.643. The van der Waals surface area contributed by atoms with E-state index in [9.17, 15) is 9.18 Å². The Morgan fingerprint density at radius 2 is 2.00 bits per heavy atom. The largest absolute Gasteiger partial charge is 0.306 e. The molecule has 0 aromatic heterocycles. The summed E-state index contributed by atoms with van der Waals surface area (Å²) in [6.45, 7) is 2.00. The molecule has 1 amide bonds. The third-order valence-electron chi connectivity index (χ3n) is 4.17. The molecule has 0 saturated heterocycles. The third kappa shape index (κ3) is 3.47. The molecule has 3 rings (SSSR count). The molecule has 1 aliphatic heterocycles. The minimum atomic E-state index is -0.276. The molecule has 2 aromatic rings. The SMILES string of the molecule is CC1CCc2cc(F)ccc2N1C(=O)C=Cc1ccc(Cl)c(Cl)c1. The van der Waals surface area contributed by atoms with Crippen LogP contribution in [-0.4, -0.2) is 11.9 Å². The fraction of sp³-hybridized carbons (Fsp3) is 0.211. The number of hydrogen-bond donors (Lipinski definition) is 0. The van der Waals surface area contributed by atoms with Crippen LogP contribution in [0.25, 0.3) is 6.08 Å². The molecule has 1 atom stereocenters. The van der Waals surface area contributed by atoms with E-state index < -0.39 is 0 Å². The van der Waals surface area contributed by atoms with Gasteiger partial charge in [0.05, 0.1) is 10.0 Å². The van der Waals surface area contributed by atoms with Crippen LogP contribution >= 0.6 is 23.2 Å². The smallest absolute Gasteiger partial charge is 0.251 e. The van der Waals surface area contributed by atoms with E-state index in [1.165, 1.54) is 18.2 Å². The van der Waals surface area contributed by atoms with Crippen LogP contribution < -0.4 is 4.90 Å². The number of anilines is 1. The number of benzene rings is 2. The summed E-state index contributed by atoms with van der Waals surface area (Å²) in [5.41, 5.74) is 2.44. The zero-order chi connectivity index (χ0) is 17.3. The van der Waals surface area contributed by atoms with E-state index in [0.717, 1.165) is 29.7 Å². The van der Waals surface area contributed by atoms with Crippen LogP contribution in [0.3, 0.4) is 0 Å². The van der Waals surface area contributed by atoms with Gasteiger partial charge in [-0.1, -0.05) is 29.3 Å². The third-order valence-corrected chi connectivity index (χ3v) is 4.91. The summed E-state index contributed by atoms with van der Waals surface area (Å²) in [6.07, 6.45) is 4.79. The molecule has 5 heteroatoms. The lowest BCUT2D eigenvalue weighted by atomic mass is 9.96. The van der Waals surface area contributed by atoms with Crippen molar-refractivity contribution >= 4 is 40.9 Å². The number of fused-ring (bicyclic) bond motifs is 1. The van der Waals surface area contributed by atoms with E-state index in [0.29, 0.717) is 10.0 Å². The van der Waals surface area contributed by atoms with Gasteiger partial charge in [0.2, 0.25) is 0 Å². The summed E-state index contributed by atoms with van der Waals surface area (Å²) in [6, 6.07) is 9.82. The molecule has 0 fully saturated rings. The first-order valence-electron chi connectivity index (χ1n) is 7.70. The van der Waals surface area contributed by atoms with Crippen LogP contribution in [0.1, 0.15) is 24.5 Å². The van der Waals surface area contributed by atoms with Crippen LogP contribution in [0.2, 0.25) is 10.0 Å². The summed E-state index contributed by atoms with van der Waals surface area (Å²) >= 11 is 11.9. The number of amides is 1. The first-order valence-corrected chi connectivity index (χ1v) is 8.46. The summed E-state index contributed by atoms with van der Waals surface area (Å²) in [4.78, 5) is 14.4. The maximum absolute atomic E-state index is 13.4. The topological polar surface area (TPSA) is 20.3 Å². The van der Waals surface area contributed by atoms with Gasteiger partial charge < -0.3 is 4.90 Å². The summed E-state index contributed by atoms with van der Waals surface area (Å²) < 4.78 is 13.4. The average Bonchev–Trinajstić information content (AvgIpc) is 2.55. The number of halogens is 3. The van der Waals surface area contributed by atoms with Crippen molar-refractivity contribution in [1.29, 1.82) is 0 Å². The van der Waals surface area contributed by atoms with Crippen molar-refractivity contribution in [2.75, 3.05) is 4.90 Å². The Morgan fingerprint density at radius 3 is 2.75 bits per heavy atom. The average molecular weight is 364 g/mol. The van der Waals surface area contributed by atoms with Crippen molar-refractivity contribution in [1.82, 2.24) is 0 Å². The van der Waals surface area contributed by atoms with Crippen molar-refractivity contribution < 1.29 is 9.18 Å². The maximum Gasteiger partial charge on any atom is 0.251 e. The van der Waals surface area contributed by atoms with Crippen LogP contribution in [0, 0.1) is 5.82 Å². The molecule has 24 heavy (non-hydrogen) atoms. The van der Waals surface area contributed by atoms with E-state index in [1.807, 2.05) is 6.92 Å². The Hall–Kier alpha value is -1.84. The normalized spacial score (nSPS) is 17.2. The zero-order valence-electron chi connectivity index (χ0n) is 13.1. The molecule has 0 bridgehead atoms. The summed E-state index contributed by atoms with van der Waals surface area (Å²) in [5.74, 6) is -0.414. The number of carbonyl (C=O) groups is 1. The highest BCUT2D eigenvalue weighted by molar-refractivity contribution is 6.42. The Balaban J connectivity index is 1.86. The standard InChI is InChI=1S/C19H16Cl2FNO/c1-12-2-5-14-11-15(22)6-8-18(14)23(12)19(24)9-4-13-3-7-16(20)17(21)10-13/h3-4,6-12H,2,5H2,1H3. The summed E-state index contributed by atoms with van der Waals surface area (Å²) in [7, 11) is 0. The Labute approximate surface area is 150 Å². The van der Waals surface area contributed by atoms with E-state index in [2.05, 4.69) is 0 Å². The van der Waals surface area contributed by atoms with E-state index >= 15 is 0 Å². The lowest BCUT2D eigenvalue weighted by Gasteiger charge is -2.34. The number of rotatable bonds is 2. The molecule has 124 valence electrons. The molecule has 0 saturated carbocycles. The monoisotopic (exact) mass is 363 g/mol. The lowest BCUT2D eigenvalue weighted by molar-refractivity contribution is -0.114. The Morgan fingerprint density at radius 1 is 1.21 bits per heavy atom. The highest BCUT2D eigenvalue weighted by Crippen LogP contribution is 2.31. The molecule has 0 radical (unpaired) electrons. The van der Waals surface area contributed by atoms with Crippen molar-refractivity contribution in [3.8, 4) is 0 Å². The van der Waals surface area contributed by atoms with Gasteiger partial charge in [0.25, 0.3) is 5.91 Å². The molecule has 0 aliphatic carbocycles. The van der Waals surface area contributed by atoms with Crippen LogP contribution in [0.4, 0.5) is 10.1 Å². The zero-order valence-corrected chi connectivity index (χ0v) is 14.6. The number of aryl methyl sites for hydroxylation is 1. The Bertz CT molecular complexity index is 819. The van der Waals surface area contributed by atoms with Gasteiger partial charge in [-0.05, 0) is 67.3 Å². The summed E-state index contributed by atoms with van der Waals surface area (Å²) in [5, 5.41) is 0.916. The fourth-order valence-electron chi connectivity index (χ4n) is 2.92. The van der Waals surface area contributed by atoms with Crippen LogP contribution in [-0.2, 0) is 11.2 Å². The first-order chi connectivity index (χ1) is 11.5. The van der Waals surface area contributed by atoms with Gasteiger partial charge in [-0.3, -0.25) is 4.79 Å². The van der Waals surface area contributed by atoms with Gasteiger partial charge in [0, 0.05) is 17.8 Å². The second-order valence-electron chi connectivity index (χ2n) is 5.88. The van der Waals surface area contributed by atoms with Gasteiger partial charge in [-0.15, -0.1) is 0 Å². The molecule has 1 aliphatic rings. The van der Waals surface area contributed by atoms with Crippen molar-refractivity contribution in [2.45, 2.75) is 25.8 Å². The van der Waals surface area contributed by atoms with E-state index in [-0.39, 0.29) is 17.8 Å². The van der Waals surface area contributed by atoms with Gasteiger partial charge in [0.15, 0.2) is 0 Å². The number of carbonyl (C=O) groups excluding carboxylic acids is 1. The van der Waals surface area contributed by atoms with Gasteiger partial charge in [-0.25, -0.2) is 4.39 Å². The molecular formula is C19H16Cl2FNO. The fourth-order valence-corrected chi connectivity index (χ4v) is 3.23. The van der Waals surface area contributed by atoms with Crippen molar-refractivity contribution in [3.63, 3.8) is 0 Å². The highest BCUT2D eigenvalue weighted by Gasteiger charge is 2.27. The molecule has 2 nitrogen and oxygen atoms in total. The minimum Gasteiger partial charge on any atom is -0.306 e. The van der Waals surface area contributed by atoms with Crippen molar-refractivity contribution in [2.24, 2.45) is 0 Å². The molecule has 0 N–H and O–H groups in total. The number of nitrogens with zero attached hydrogens (tertiary/aromatic N) is 1. The van der Waals surface area contributed by atoms with E-state index in [1.54, 1.807) is 35.2 Å². The van der Waals surface area contributed by atoms with Crippen LogP contribution in [0.5, 0.6) is 0 Å². The predicted molar refractivity (Wildman–Crippen MR) is 97.2 cm³/mol. The lowest BCUT2D eigenvalue weighted by Crippen LogP contribution is -2.41. The second kappa shape index (κ2) is 6.96. The van der Waals surface area contributed by atoms with Crippen molar-refractivity contribution in [3.05, 3.63) is 69.5 Å². The Kier molecular flexibility index (Phi) is 4.93. The van der Waals surface area contributed by atoms with Gasteiger partial charge in [0.1, 0.15) is 5.82 Å². The molecule has 0 spiro atoms. The van der Waals surface area contributed by atoms with Gasteiger partial charge >= 0.3 is 0 Å². The molecule has 1 heterocycles.